The number of β-amino-alcohol motifs (C(OH)–C–C–N with tert-alkyl or cyclic N) is 1. The largest absolute Gasteiger partial charge is 0.391 e. The van der Waals surface area contributed by atoms with Gasteiger partial charge in [0.15, 0.2) is 0 Å². The maximum atomic E-state index is 11.8. The van der Waals surface area contributed by atoms with Gasteiger partial charge < -0.3 is 15.7 Å². The average molecular weight is 226 g/mol. The number of aromatic amines is 1. The Balaban J connectivity index is 2.20. The summed E-state index contributed by atoms with van der Waals surface area (Å²) in [5, 5.41) is 21.8. The molecule has 86 valence electrons. The lowest BCUT2D eigenvalue weighted by Crippen LogP contribution is -2.44. The number of tetrazole rings is 1. The molecule has 1 fully saturated rings. The van der Waals surface area contributed by atoms with Crippen LogP contribution in [-0.2, 0) is 4.79 Å². The standard InChI is InChI=1S/C7H10N6O3/c8-5(15)4-1-3(14)2-13(4)7(16)6-9-11-12-10-6/h3-4,14H,1-2H2,(H2,8,15)(H,9,10,11,12). The monoisotopic (exact) mass is 226 g/mol. The third kappa shape index (κ3) is 1.72. The summed E-state index contributed by atoms with van der Waals surface area (Å²) in [4.78, 5) is 24.0. The van der Waals surface area contributed by atoms with Gasteiger partial charge in [0.1, 0.15) is 6.04 Å². The molecule has 1 aliphatic heterocycles. The van der Waals surface area contributed by atoms with Crippen LogP contribution >= 0.6 is 0 Å². The zero-order valence-corrected chi connectivity index (χ0v) is 8.20. The van der Waals surface area contributed by atoms with E-state index in [0.717, 1.165) is 4.90 Å². The predicted molar refractivity (Wildman–Crippen MR) is 48.8 cm³/mol. The minimum atomic E-state index is -0.819. The number of nitrogens with zero attached hydrogens (tertiary/aromatic N) is 4. The molecule has 16 heavy (non-hydrogen) atoms. The maximum absolute atomic E-state index is 11.8. The molecule has 1 aliphatic rings. The molecule has 1 aromatic heterocycles. The molecule has 2 atom stereocenters. The Labute approximate surface area is 89.6 Å². The number of primary amides is 1. The summed E-state index contributed by atoms with van der Waals surface area (Å²) in [6, 6.07) is -0.819. The Bertz CT molecular complexity index is 404. The summed E-state index contributed by atoms with van der Waals surface area (Å²) in [6.45, 7) is 0.0426. The number of nitrogens with one attached hydrogen (secondary N) is 1. The lowest BCUT2D eigenvalue weighted by Gasteiger charge is -2.19. The highest BCUT2D eigenvalue weighted by Crippen LogP contribution is 2.18. The lowest BCUT2D eigenvalue weighted by atomic mass is 10.2. The summed E-state index contributed by atoms with van der Waals surface area (Å²) in [5.74, 6) is -1.39. The first kappa shape index (κ1) is 10.5. The van der Waals surface area contributed by atoms with E-state index in [1.807, 2.05) is 0 Å². The molecule has 0 saturated carbocycles. The van der Waals surface area contributed by atoms with E-state index in [2.05, 4.69) is 20.6 Å². The molecule has 4 N–H and O–H groups in total. The third-order valence-corrected chi connectivity index (χ3v) is 2.40. The van der Waals surface area contributed by atoms with Gasteiger partial charge in [-0.2, -0.15) is 5.21 Å². The van der Waals surface area contributed by atoms with E-state index in [-0.39, 0.29) is 18.8 Å². The van der Waals surface area contributed by atoms with Crippen LogP contribution in [0.1, 0.15) is 17.0 Å². The number of H-pyrrole nitrogens is 1. The first-order valence-corrected chi connectivity index (χ1v) is 4.61. The second-order valence-corrected chi connectivity index (χ2v) is 3.50. The molecule has 9 nitrogen and oxygen atoms in total. The lowest BCUT2D eigenvalue weighted by molar-refractivity contribution is -0.121. The maximum Gasteiger partial charge on any atom is 0.296 e. The molecule has 2 rings (SSSR count). The number of aromatic nitrogens is 4. The Kier molecular flexibility index (Phi) is 2.52. The van der Waals surface area contributed by atoms with Gasteiger partial charge in [-0.05, 0) is 5.21 Å². The number of rotatable bonds is 2. The number of aliphatic hydroxyl groups excluding tert-OH is 1. The van der Waals surface area contributed by atoms with Gasteiger partial charge in [-0.1, -0.05) is 0 Å². The van der Waals surface area contributed by atoms with Crippen LogP contribution in [0.15, 0.2) is 0 Å². The van der Waals surface area contributed by atoms with Gasteiger partial charge >= 0.3 is 0 Å². The van der Waals surface area contributed by atoms with Crippen molar-refractivity contribution in [1.82, 2.24) is 25.5 Å². The van der Waals surface area contributed by atoms with Crippen LogP contribution in [0.3, 0.4) is 0 Å². The number of carbonyl (C=O) groups excluding carboxylic acids is 2. The molecule has 2 heterocycles. The van der Waals surface area contributed by atoms with E-state index < -0.39 is 24.0 Å². The second kappa shape index (κ2) is 3.85. The number of hydrogen-bond acceptors (Lipinski definition) is 6. The minimum absolute atomic E-state index is 0.0426. The van der Waals surface area contributed by atoms with Gasteiger partial charge in [0.05, 0.1) is 6.10 Å². The summed E-state index contributed by atoms with van der Waals surface area (Å²) < 4.78 is 0. The van der Waals surface area contributed by atoms with Crippen molar-refractivity contribution in [3.8, 4) is 0 Å². The van der Waals surface area contributed by atoms with Crippen molar-refractivity contribution in [2.75, 3.05) is 6.54 Å². The van der Waals surface area contributed by atoms with E-state index in [1.54, 1.807) is 0 Å². The topological polar surface area (TPSA) is 138 Å². The van der Waals surface area contributed by atoms with Crippen molar-refractivity contribution in [3.05, 3.63) is 5.82 Å². The number of hydrogen-bond donors (Lipinski definition) is 3. The van der Waals surface area contributed by atoms with Crippen LogP contribution in [0, 0.1) is 0 Å². The zero-order chi connectivity index (χ0) is 11.7. The fourth-order valence-corrected chi connectivity index (χ4v) is 1.69. The van der Waals surface area contributed by atoms with Gasteiger partial charge in [0.25, 0.3) is 11.7 Å². The molecule has 9 heteroatoms. The zero-order valence-electron chi connectivity index (χ0n) is 8.20. The van der Waals surface area contributed by atoms with Gasteiger partial charge in [-0.25, -0.2) is 0 Å². The summed E-state index contributed by atoms with van der Waals surface area (Å²) in [6.07, 6.45) is -0.618. The summed E-state index contributed by atoms with van der Waals surface area (Å²) in [7, 11) is 0. The Morgan fingerprint density at radius 2 is 2.31 bits per heavy atom. The first-order chi connectivity index (χ1) is 7.59. The third-order valence-electron chi connectivity index (χ3n) is 2.40. The minimum Gasteiger partial charge on any atom is -0.391 e. The molecule has 1 saturated heterocycles. The molecule has 1 aromatic rings. The van der Waals surface area contributed by atoms with Crippen molar-refractivity contribution >= 4 is 11.8 Å². The van der Waals surface area contributed by atoms with E-state index in [1.165, 1.54) is 0 Å². The fraction of sp³-hybridized carbons (Fsp3) is 0.571. The normalized spacial score (nSPS) is 24.7. The van der Waals surface area contributed by atoms with Gasteiger partial charge in [-0.3, -0.25) is 9.59 Å². The van der Waals surface area contributed by atoms with Crippen LogP contribution in [0.25, 0.3) is 0 Å². The highest BCUT2D eigenvalue weighted by atomic mass is 16.3. The molecule has 0 radical (unpaired) electrons. The molecular weight excluding hydrogens is 216 g/mol. The highest BCUT2D eigenvalue weighted by Gasteiger charge is 2.39. The van der Waals surface area contributed by atoms with E-state index in [9.17, 15) is 14.7 Å². The van der Waals surface area contributed by atoms with Gasteiger partial charge in [-0.15, -0.1) is 10.2 Å². The Hall–Kier alpha value is -2.03. The molecule has 2 unspecified atom stereocenters. The van der Waals surface area contributed by atoms with Crippen molar-refractivity contribution in [1.29, 1.82) is 0 Å². The number of nitrogens with two attached hydrogens (primary N) is 1. The van der Waals surface area contributed by atoms with E-state index >= 15 is 0 Å². The number of carbonyl (C=O) groups is 2. The summed E-state index contributed by atoms with van der Waals surface area (Å²) >= 11 is 0. The number of aliphatic hydroxyl groups is 1. The van der Waals surface area contributed by atoms with Crippen molar-refractivity contribution in [2.45, 2.75) is 18.6 Å². The molecule has 0 aliphatic carbocycles. The Morgan fingerprint density at radius 3 is 2.88 bits per heavy atom. The van der Waals surface area contributed by atoms with Crippen LogP contribution in [0.2, 0.25) is 0 Å². The van der Waals surface area contributed by atoms with Crippen LogP contribution in [0.5, 0.6) is 0 Å². The average Bonchev–Trinajstić information content (AvgIpc) is 2.84. The predicted octanol–water partition coefficient (Wildman–Crippen LogP) is -2.74. The second-order valence-electron chi connectivity index (χ2n) is 3.50. The van der Waals surface area contributed by atoms with Gasteiger partial charge in [0, 0.05) is 13.0 Å². The fourth-order valence-electron chi connectivity index (χ4n) is 1.69. The van der Waals surface area contributed by atoms with Crippen LogP contribution in [0.4, 0.5) is 0 Å². The molecule has 0 bridgehead atoms. The smallest absolute Gasteiger partial charge is 0.296 e. The molecular formula is C7H10N6O3. The molecule has 0 spiro atoms. The number of amides is 2. The Morgan fingerprint density at radius 1 is 1.56 bits per heavy atom. The first-order valence-electron chi connectivity index (χ1n) is 4.61. The number of likely N-dealkylation sites (tertiary alicyclic amines) is 1. The van der Waals surface area contributed by atoms with Crippen molar-refractivity contribution in [2.24, 2.45) is 5.73 Å². The quantitative estimate of drug-likeness (QED) is 0.500. The molecule has 0 aromatic carbocycles. The van der Waals surface area contributed by atoms with Gasteiger partial charge in [0.2, 0.25) is 5.91 Å². The van der Waals surface area contributed by atoms with Crippen LogP contribution < -0.4 is 5.73 Å². The van der Waals surface area contributed by atoms with Crippen molar-refractivity contribution in [3.63, 3.8) is 0 Å². The molecule has 2 amide bonds. The van der Waals surface area contributed by atoms with E-state index in [4.69, 9.17) is 5.73 Å². The van der Waals surface area contributed by atoms with Crippen molar-refractivity contribution < 1.29 is 14.7 Å². The van der Waals surface area contributed by atoms with Crippen LogP contribution in [-0.4, -0.2) is 61.1 Å². The highest BCUT2D eigenvalue weighted by molar-refractivity contribution is 5.94. The van der Waals surface area contributed by atoms with E-state index in [0.29, 0.717) is 0 Å². The summed E-state index contributed by atoms with van der Waals surface area (Å²) in [5.41, 5.74) is 5.13. The SMILES string of the molecule is NC(=O)C1CC(O)CN1C(=O)c1nn[nH]n1.